The number of anilines is 1. The van der Waals surface area contributed by atoms with Crippen LogP contribution in [0.2, 0.25) is 0 Å². The van der Waals surface area contributed by atoms with Gasteiger partial charge >= 0.3 is 12.1 Å². The minimum atomic E-state index is -0.922. The number of carbonyl (C=O) groups excluding carboxylic acids is 1. The van der Waals surface area contributed by atoms with E-state index in [0.717, 1.165) is 30.6 Å². The van der Waals surface area contributed by atoms with Crippen molar-refractivity contribution in [1.82, 2.24) is 4.90 Å². The smallest absolute Gasteiger partial charge is 0.410 e. The fraction of sp³-hybridized carbons (Fsp3) is 0.545. The maximum Gasteiger partial charge on any atom is 0.410 e. The van der Waals surface area contributed by atoms with Crippen LogP contribution in [0.3, 0.4) is 0 Å². The number of carbonyl (C=O) groups is 2. The van der Waals surface area contributed by atoms with Crippen LogP contribution in [0.15, 0.2) is 30.9 Å². The zero-order chi connectivity index (χ0) is 20.9. The van der Waals surface area contributed by atoms with Gasteiger partial charge in [0.2, 0.25) is 0 Å². The molecule has 6 nitrogen and oxygen atoms in total. The minimum absolute atomic E-state index is 0.247. The minimum Gasteiger partial charge on any atom is -0.478 e. The molecule has 1 aliphatic rings. The Balaban J connectivity index is 2.17. The standard InChI is InChI=1S/C22H32N2O4/c1-6-9-17-18(20(25)26)10-8-11-19(17)24(7-2)16-12-14-23(15-13-16)21(27)28-22(3,4)5/h6,8,10-11,16H,1,7,9,12-15H2,2-5H3,(H,25,26). The Morgan fingerprint density at radius 2 is 1.96 bits per heavy atom. The van der Waals surface area contributed by atoms with Crippen LogP contribution in [-0.4, -0.2) is 53.3 Å². The summed E-state index contributed by atoms with van der Waals surface area (Å²) in [5.41, 5.74) is 1.56. The molecule has 1 aromatic carbocycles. The summed E-state index contributed by atoms with van der Waals surface area (Å²) in [6.07, 6.45) is 3.61. The molecule has 1 aliphatic heterocycles. The number of amides is 1. The summed E-state index contributed by atoms with van der Waals surface area (Å²) in [5, 5.41) is 9.56. The summed E-state index contributed by atoms with van der Waals surface area (Å²) < 4.78 is 5.47. The lowest BCUT2D eigenvalue weighted by atomic mass is 9.97. The lowest BCUT2D eigenvalue weighted by molar-refractivity contribution is 0.0204. The van der Waals surface area contributed by atoms with Crippen molar-refractivity contribution in [3.8, 4) is 0 Å². The van der Waals surface area contributed by atoms with Gasteiger partial charge in [0.1, 0.15) is 5.60 Å². The van der Waals surface area contributed by atoms with Gasteiger partial charge in [0.25, 0.3) is 0 Å². The second-order valence-corrected chi connectivity index (χ2v) is 8.09. The molecule has 2 rings (SSSR count). The van der Waals surface area contributed by atoms with Gasteiger partial charge in [0.05, 0.1) is 5.56 Å². The Kier molecular flexibility index (Phi) is 7.11. The van der Waals surface area contributed by atoms with Crippen LogP contribution >= 0.6 is 0 Å². The molecule has 1 heterocycles. The number of rotatable bonds is 6. The van der Waals surface area contributed by atoms with E-state index in [1.807, 2.05) is 26.8 Å². The van der Waals surface area contributed by atoms with Gasteiger partial charge in [-0.1, -0.05) is 12.1 Å². The molecule has 1 fully saturated rings. The molecular weight excluding hydrogens is 356 g/mol. The third-order valence-corrected chi connectivity index (χ3v) is 4.94. The molecule has 1 amide bonds. The summed E-state index contributed by atoms with van der Waals surface area (Å²) in [5.74, 6) is -0.922. The number of aromatic carboxylic acids is 1. The molecule has 0 aromatic heterocycles. The highest BCUT2D eigenvalue weighted by Crippen LogP contribution is 2.30. The number of nitrogens with zero attached hydrogens (tertiary/aromatic N) is 2. The van der Waals surface area contributed by atoms with E-state index in [2.05, 4.69) is 18.4 Å². The first kappa shape index (κ1) is 21.8. The second-order valence-electron chi connectivity index (χ2n) is 8.09. The predicted molar refractivity (Wildman–Crippen MR) is 111 cm³/mol. The van der Waals surface area contributed by atoms with Crippen LogP contribution in [0, 0.1) is 0 Å². The topological polar surface area (TPSA) is 70.1 Å². The van der Waals surface area contributed by atoms with E-state index in [4.69, 9.17) is 4.74 Å². The molecule has 154 valence electrons. The Morgan fingerprint density at radius 3 is 2.46 bits per heavy atom. The molecule has 0 aliphatic carbocycles. The molecule has 6 heteroatoms. The van der Waals surface area contributed by atoms with Crippen LogP contribution < -0.4 is 4.90 Å². The molecule has 0 spiro atoms. The maximum absolute atomic E-state index is 12.3. The Hall–Kier alpha value is -2.50. The van der Waals surface area contributed by atoms with E-state index in [1.54, 1.807) is 23.1 Å². The molecule has 28 heavy (non-hydrogen) atoms. The predicted octanol–water partition coefficient (Wildman–Crippen LogP) is 4.34. The largest absolute Gasteiger partial charge is 0.478 e. The fourth-order valence-electron chi connectivity index (χ4n) is 3.71. The summed E-state index contributed by atoms with van der Waals surface area (Å²) in [7, 11) is 0. The van der Waals surface area contributed by atoms with Crippen LogP contribution in [0.5, 0.6) is 0 Å². The highest BCUT2D eigenvalue weighted by molar-refractivity contribution is 5.91. The quantitative estimate of drug-likeness (QED) is 0.734. The molecule has 0 unspecified atom stereocenters. The van der Waals surface area contributed by atoms with Gasteiger partial charge in [-0.3, -0.25) is 0 Å². The molecule has 1 N–H and O–H groups in total. The Morgan fingerprint density at radius 1 is 1.32 bits per heavy atom. The Labute approximate surface area is 167 Å². The number of allylic oxidation sites excluding steroid dienone is 1. The molecule has 1 aromatic rings. The molecular formula is C22H32N2O4. The van der Waals surface area contributed by atoms with E-state index < -0.39 is 11.6 Å². The van der Waals surface area contributed by atoms with Gasteiger partial charge in [-0.15, -0.1) is 6.58 Å². The maximum atomic E-state index is 12.3. The summed E-state index contributed by atoms with van der Waals surface area (Å²) >= 11 is 0. The van der Waals surface area contributed by atoms with Crippen LogP contribution in [0.1, 0.15) is 56.5 Å². The van der Waals surface area contributed by atoms with Gasteiger partial charge < -0.3 is 19.6 Å². The van der Waals surface area contributed by atoms with Crippen molar-refractivity contribution in [1.29, 1.82) is 0 Å². The lowest BCUT2D eigenvalue weighted by Crippen LogP contribution is -2.48. The molecule has 0 radical (unpaired) electrons. The number of hydrogen-bond acceptors (Lipinski definition) is 4. The average molecular weight is 389 g/mol. The highest BCUT2D eigenvalue weighted by atomic mass is 16.6. The van der Waals surface area contributed by atoms with Crippen molar-refractivity contribution in [2.75, 3.05) is 24.5 Å². The van der Waals surface area contributed by atoms with Gasteiger partial charge in [-0.05, 0) is 64.7 Å². The highest BCUT2D eigenvalue weighted by Gasteiger charge is 2.30. The molecule has 0 bridgehead atoms. The number of piperidine rings is 1. The average Bonchev–Trinajstić information content (AvgIpc) is 2.62. The van der Waals surface area contributed by atoms with E-state index >= 15 is 0 Å². The van der Waals surface area contributed by atoms with Crippen molar-refractivity contribution in [2.45, 2.75) is 58.6 Å². The van der Waals surface area contributed by atoms with Crippen LogP contribution in [0.4, 0.5) is 10.5 Å². The van der Waals surface area contributed by atoms with Gasteiger partial charge in [-0.2, -0.15) is 0 Å². The second kappa shape index (κ2) is 9.13. The number of likely N-dealkylation sites (tertiary alicyclic amines) is 1. The zero-order valence-corrected chi connectivity index (χ0v) is 17.4. The van der Waals surface area contributed by atoms with Gasteiger partial charge in [-0.25, -0.2) is 9.59 Å². The van der Waals surface area contributed by atoms with Crippen molar-refractivity contribution < 1.29 is 19.4 Å². The van der Waals surface area contributed by atoms with Crippen molar-refractivity contribution in [3.63, 3.8) is 0 Å². The van der Waals surface area contributed by atoms with Crippen LogP contribution in [0.25, 0.3) is 0 Å². The summed E-state index contributed by atoms with van der Waals surface area (Å²) in [6, 6.07) is 5.67. The van der Waals surface area contributed by atoms with Crippen molar-refractivity contribution in [3.05, 3.63) is 42.0 Å². The van der Waals surface area contributed by atoms with Crippen LogP contribution in [-0.2, 0) is 11.2 Å². The van der Waals surface area contributed by atoms with Gasteiger partial charge in [0, 0.05) is 31.4 Å². The summed E-state index contributed by atoms with van der Waals surface area (Å²) in [6.45, 7) is 13.5. The number of hydrogen-bond donors (Lipinski definition) is 1. The molecule has 0 saturated carbocycles. The first-order valence-corrected chi connectivity index (χ1v) is 9.88. The summed E-state index contributed by atoms with van der Waals surface area (Å²) in [4.78, 5) is 28.0. The van der Waals surface area contributed by atoms with Crippen molar-refractivity contribution in [2.24, 2.45) is 0 Å². The number of benzene rings is 1. The zero-order valence-electron chi connectivity index (χ0n) is 17.4. The first-order chi connectivity index (χ1) is 13.2. The Bertz CT molecular complexity index is 716. The SMILES string of the molecule is C=CCc1c(C(=O)O)cccc1N(CC)C1CCN(C(=O)OC(C)(C)C)CC1. The fourth-order valence-corrected chi connectivity index (χ4v) is 3.71. The molecule has 0 atom stereocenters. The molecule has 1 saturated heterocycles. The third kappa shape index (κ3) is 5.27. The van der Waals surface area contributed by atoms with Gasteiger partial charge in [0.15, 0.2) is 0 Å². The van der Waals surface area contributed by atoms with Crippen molar-refractivity contribution >= 4 is 17.7 Å². The number of ether oxygens (including phenoxy) is 1. The normalized spacial score (nSPS) is 15.2. The van der Waals surface area contributed by atoms with E-state index in [1.165, 1.54) is 0 Å². The number of carboxylic acid groups (broad SMARTS) is 1. The monoisotopic (exact) mass is 388 g/mol. The third-order valence-electron chi connectivity index (χ3n) is 4.94. The van der Waals surface area contributed by atoms with E-state index in [-0.39, 0.29) is 12.1 Å². The van der Waals surface area contributed by atoms with E-state index in [9.17, 15) is 14.7 Å². The first-order valence-electron chi connectivity index (χ1n) is 9.88. The lowest BCUT2D eigenvalue weighted by Gasteiger charge is -2.40. The van der Waals surface area contributed by atoms with E-state index in [0.29, 0.717) is 25.1 Å². The number of carboxylic acids is 1.